The third kappa shape index (κ3) is 4.19. The number of pyridine rings is 1. The van der Waals surface area contributed by atoms with Gasteiger partial charge in [-0.15, -0.1) is 0 Å². The van der Waals surface area contributed by atoms with Crippen LogP contribution in [0.1, 0.15) is 6.92 Å². The maximum atomic E-state index is 12.1. The summed E-state index contributed by atoms with van der Waals surface area (Å²) in [5.74, 6) is -0.258. The molecule has 0 aliphatic rings. The average Bonchev–Trinajstić information content (AvgIpc) is 2.50. The molecule has 0 radical (unpaired) electrons. The zero-order valence-corrected chi connectivity index (χ0v) is 13.1. The summed E-state index contributed by atoms with van der Waals surface area (Å²) in [7, 11) is 0. The zero-order chi connectivity index (χ0) is 16.1. The van der Waals surface area contributed by atoms with Gasteiger partial charge in [-0.1, -0.05) is 29.4 Å². The van der Waals surface area contributed by atoms with Gasteiger partial charge in [-0.2, -0.15) is 0 Å². The summed E-state index contributed by atoms with van der Waals surface area (Å²) in [6, 6.07) is 9.36. The van der Waals surface area contributed by atoms with E-state index in [1.807, 2.05) is 12.1 Å². The number of carbonyl (C=O) groups excluding carboxylic acids is 1. The lowest BCUT2D eigenvalue weighted by Gasteiger charge is -2.12. The minimum atomic E-state index is -0.545. The number of nitro groups is 1. The van der Waals surface area contributed by atoms with E-state index >= 15 is 0 Å². The first-order chi connectivity index (χ1) is 10.5. The molecule has 22 heavy (non-hydrogen) atoms. The minimum absolute atomic E-state index is 0.123. The normalized spacial score (nSPS) is 11.7. The van der Waals surface area contributed by atoms with Crippen molar-refractivity contribution in [2.75, 3.05) is 5.32 Å². The summed E-state index contributed by atoms with van der Waals surface area (Å²) in [5, 5.41) is 13.8. The van der Waals surface area contributed by atoms with Gasteiger partial charge in [0.05, 0.1) is 25.9 Å². The van der Waals surface area contributed by atoms with Crippen LogP contribution in [-0.2, 0) is 4.79 Å². The smallest absolute Gasteiger partial charge is 0.271 e. The fourth-order valence-corrected chi connectivity index (χ4v) is 2.63. The molecule has 0 saturated heterocycles. The van der Waals surface area contributed by atoms with Crippen LogP contribution in [0.15, 0.2) is 47.6 Å². The summed E-state index contributed by atoms with van der Waals surface area (Å²) in [5.41, 5.74) is 0.213. The fraction of sp³-hybridized carbons (Fsp3) is 0.143. The maximum absolute atomic E-state index is 12.1. The number of benzene rings is 1. The number of carbonyl (C=O) groups is 1. The number of aromatic nitrogens is 1. The number of nitro benzene ring substituents is 1. The Morgan fingerprint density at radius 3 is 2.77 bits per heavy atom. The van der Waals surface area contributed by atoms with Crippen molar-refractivity contribution in [1.82, 2.24) is 4.98 Å². The Bertz CT molecular complexity index is 697. The maximum Gasteiger partial charge on any atom is 0.271 e. The lowest BCUT2D eigenvalue weighted by molar-refractivity contribution is -0.384. The Balaban J connectivity index is 2.04. The first kappa shape index (κ1) is 16.3. The molecule has 0 spiro atoms. The van der Waals surface area contributed by atoms with Crippen molar-refractivity contribution in [2.24, 2.45) is 0 Å². The number of rotatable bonds is 5. The third-order valence-corrected chi connectivity index (χ3v) is 4.09. The molecule has 1 atom stereocenters. The molecular formula is C14H12ClN3O3S. The molecule has 1 N–H and O–H groups in total. The van der Waals surface area contributed by atoms with Crippen molar-refractivity contribution in [3.63, 3.8) is 0 Å². The molecule has 6 nitrogen and oxygen atoms in total. The number of non-ortho nitro benzene ring substituents is 1. The highest BCUT2D eigenvalue weighted by Crippen LogP contribution is 2.28. The lowest BCUT2D eigenvalue weighted by Crippen LogP contribution is -2.22. The van der Waals surface area contributed by atoms with E-state index in [2.05, 4.69) is 10.3 Å². The Morgan fingerprint density at radius 1 is 1.41 bits per heavy atom. The number of thioether (sulfide) groups is 1. The van der Waals surface area contributed by atoms with Gasteiger partial charge in [0, 0.05) is 18.3 Å². The molecule has 1 heterocycles. The predicted octanol–water partition coefficient (Wildman–Crippen LogP) is 3.76. The average molecular weight is 338 g/mol. The van der Waals surface area contributed by atoms with Gasteiger partial charge in [-0.05, 0) is 25.1 Å². The summed E-state index contributed by atoms with van der Waals surface area (Å²) < 4.78 is 0. The van der Waals surface area contributed by atoms with E-state index in [4.69, 9.17) is 11.6 Å². The van der Waals surface area contributed by atoms with Crippen LogP contribution in [0.3, 0.4) is 0 Å². The van der Waals surface area contributed by atoms with Gasteiger partial charge in [0.15, 0.2) is 0 Å². The highest BCUT2D eigenvalue weighted by molar-refractivity contribution is 8.00. The second-order valence-electron chi connectivity index (χ2n) is 4.34. The Morgan fingerprint density at radius 2 is 2.18 bits per heavy atom. The molecule has 114 valence electrons. The molecule has 8 heteroatoms. The van der Waals surface area contributed by atoms with Crippen LogP contribution in [0.5, 0.6) is 0 Å². The Labute approximate surface area is 136 Å². The molecule has 0 aliphatic heterocycles. The van der Waals surface area contributed by atoms with Gasteiger partial charge in [0.25, 0.3) is 5.69 Å². The van der Waals surface area contributed by atoms with E-state index in [1.54, 1.807) is 19.2 Å². The number of hydrogen-bond donors (Lipinski definition) is 1. The van der Waals surface area contributed by atoms with E-state index in [0.29, 0.717) is 5.69 Å². The molecule has 1 aromatic heterocycles. The Kier molecular flexibility index (Phi) is 5.35. The molecule has 0 bridgehead atoms. The van der Waals surface area contributed by atoms with Crippen molar-refractivity contribution in [2.45, 2.75) is 17.2 Å². The number of amides is 1. The Hall–Kier alpha value is -2.12. The molecule has 0 unspecified atom stereocenters. The summed E-state index contributed by atoms with van der Waals surface area (Å²) in [6.45, 7) is 1.74. The van der Waals surface area contributed by atoms with Crippen molar-refractivity contribution in [1.29, 1.82) is 0 Å². The van der Waals surface area contributed by atoms with E-state index < -0.39 is 4.92 Å². The summed E-state index contributed by atoms with van der Waals surface area (Å²) in [4.78, 5) is 26.4. The van der Waals surface area contributed by atoms with E-state index in [-0.39, 0.29) is 21.9 Å². The highest BCUT2D eigenvalue weighted by Gasteiger charge is 2.17. The van der Waals surface area contributed by atoms with Crippen molar-refractivity contribution in [3.05, 3.63) is 57.7 Å². The van der Waals surface area contributed by atoms with E-state index in [9.17, 15) is 14.9 Å². The van der Waals surface area contributed by atoms with Gasteiger partial charge >= 0.3 is 0 Å². The fourth-order valence-electron chi connectivity index (χ4n) is 1.60. The molecule has 2 aromatic rings. The molecule has 0 saturated carbocycles. The largest absolute Gasteiger partial charge is 0.324 e. The molecule has 0 aliphatic carbocycles. The predicted molar refractivity (Wildman–Crippen MR) is 86.3 cm³/mol. The third-order valence-electron chi connectivity index (χ3n) is 2.73. The van der Waals surface area contributed by atoms with Gasteiger partial charge in [0.1, 0.15) is 0 Å². The first-order valence-electron chi connectivity index (χ1n) is 6.30. The second kappa shape index (κ2) is 7.24. The summed E-state index contributed by atoms with van der Waals surface area (Å²) >= 11 is 7.25. The van der Waals surface area contributed by atoms with Crippen LogP contribution < -0.4 is 5.32 Å². The van der Waals surface area contributed by atoms with E-state index in [0.717, 1.165) is 5.03 Å². The van der Waals surface area contributed by atoms with Crippen molar-refractivity contribution < 1.29 is 9.72 Å². The topological polar surface area (TPSA) is 85.1 Å². The van der Waals surface area contributed by atoms with Crippen LogP contribution in [0.25, 0.3) is 0 Å². The zero-order valence-electron chi connectivity index (χ0n) is 11.5. The van der Waals surface area contributed by atoms with Crippen LogP contribution >= 0.6 is 23.4 Å². The van der Waals surface area contributed by atoms with Crippen LogP contribution in [0.2, 0.25) is 5.02 Å². The van der Waals surface area contributed by atoms with Crippen LogP contribution in [-0.4, -0.2) is 21.1 Å². The number of nitrogens with one attached hydrogen (secondary N) is 1. The van der Waals surface area contributed by atoms with Crippen LogP contribution in [0.4, 0.5) is 11.4 Å². The molecule has 1 amide bonds. The van der Waals surface area contributed by atoms with Gasteiger partial charge in [-0.25, -0.2) is 4.98 Å². The molecule has 2 rings (SSSR count). The van der Waals surface area contributed by atoms with Gasteiger partial charge in [0.2, 0.25) is 5.91 Å². The molecule has 1 aromatic carbocycles. The summed E-state index contributed by atoms with van der Waals surface area (Å²) in [6.07, 6.45) is 1.65. The molecular weight excluding hydrogens is 326 g/mol. The number of hydrogen-bond acceptors (Lipinski definition) is 5. The monoisotopic (exact) mass is 337 g/mol. The molecule has 0 fully saturated rings. The highest BCUT2D eigenvalue weighted by atomic mass is 35.5. The van der Waals surface area contributed by atoms with Crippen molar-refractivity contribution in [3.8, 4) is 0 Å². The second-order valence-corrected chi connectivity index (χ2v) is 6.11. The first-order valence-corrected chi connectivity index (χ1v) is 7.55. The number of halogens is 1. The van der Waals surface area contributed by atoms with Gasteiger partial charge in [-0.3, -0.25) is 14.9 Å². The lowest BCUT2D eigenvalue weighted by atomic mass is 10.2. The number of anilines is 1. The van der Waals surface area contributed by atoms with E-state index in [1.165, 1.54) is 30.0 Å². The quantitative estimate of drug-likeness (QED) is 0.510. The van der Waals surface area contributed by atoms with Crippen LogP contribution in [0, 0.1) is 10.1 Å². The minimum Gasteiger partial charge on any atom is -0.324 e. The SMILES string of the molecule is C[C@@H](Sc1ccccn1)C(=O)Nc1ccc([N+](=O)[O-])cc1Cl. The number of nitrogens with zero attached hydrogens (tertiary/aromatic N) is 2. The van der Waals surface area contributed by atoms with Crippen molar-refractivity contribution >= 4 is 40.6 Å². The van der Waals surface area contributed by atoms with Gasteiger partial charge < -0.3 is 5.32 Å². The standard InChI is InChI=1S/C14H12ClN3O3S/c1-9(22-13-4-2-3-7-16-13)14(19)17-12-6-5-10(18(20)21)8-11(12)15/h2-9H,1H3,(H,17,19)/t9-/m1/s1.